The second kappa shape index (κ2) is 5.79. The number of pyridine rings is 1. The van der Waals surface area contributed by atoms with Crippen LogP contribution >= 0.6 is 0 Å². The molecule has 3 aliphatic rings. The molecule has 126 valence electrons. The Kier molecular flexibility index (Phi) is 3.90. The Hall–Kier alpha value is -1.05. The fourth-order valence-corrected chi connectivity index (χ4v) is 3.95. The summed E-state index contributed by atoms with van der Waals surface area (Å²) in [7, 11) is 0. The summed E-state index contributed by atoms with van der Waals surface area (Å²) in [5, 5.41) is 10.5. The molecule has 6 heteroatoms. The fraction of sp³-hybridized carbons (Fsp3) is 0.706. The Bertz CT molecular complexity index is 553. The summed E-state index contributed by atoms with van der Waals surface area (Å²) in [6.45, 7) is 5.39. The van der Waals surface area contributed by atoms with Gasteiger partial charge >= 0.3 is 0 Å². The number of ether oxygens (including phenoxy) is 3. The van der Waals surface area contributed by atoms with Crippen LogP contribution in [0, 0.1) is 0 Å². The lowest BCUT2D eigenvalue weighted by Gasteiger charge is -2.29. The van der Waals surface area contributed by atoms with Gasteiger partial charge in [0.2, 0.25) is 0 Å². The lowest BCUT2D eigenvalue weighted by Crippen LogP contribution is -2.41. The first-order valence-corrected chi connectivity index (χ1v) is 8.37. The van der Waals surface area contributed by atoms with Crippen LogP contribution in [0.15, 0.2) is 24.5 Å². The van der Waals surface area contributed by atoms with Crippen molar-refractivity contribution in [3.63, 3.8) is 0 Å². The average Bonchev–Trinajstić information content (AvgIpc) is 3.17. The minimum atomic E-state index is -0.686. The van der Waals surface area contributed by atoms with Gasteiger partial charge in [0.05, 0.1) is 0 Å². The average molecular weight is 320 g/mol. The van der Waals surface area contributed by atoms with E-state index >= 15 is 0 Å². The van der Waals surface area contributed by atoms with E-state index in [2.05, 4.69) is 22.0 Å². The predicted octanol–water partition coefficient (Wildman–Crippen LogP) is 1.46. The molecule has 0 spiro atoms. The van der Waals surface area contributed by atoms with Crippen molar-refractivity contribution in [2.45, 2.75) is 63.1 Å². The summed E-state index contributed by atoms with van der Waals surface area (Å²) >= 11 is 0. The molecule has 5 atom stereocenters. The highest BCUT2D eigenvalue weighted by molar-refractivity contribution is 5.16. The van der Waals surface area contributed by atoms with Gasteiger partial charge in [-0.15, -0.1) is 0 Å². The predicted molar refractivity (Wildman–Crippen MR) is 82.5 cm³/mol. The number of nitrogens with zero attached hydrogens (tertiary/aromatic N) is 2. The maximum atomic E-state index is 10.5. The van der Waals surface area contributed by atoms with Crippen LogP contribution < -0.4 is 0 Å². The fourth-order valence-electron chi connectivity index (χ4n) is 3.95. The van der Waals surface area contributed by atoms with Gasteiger partial charge in [0.15, 0.2) is 12.1 Å². The van der Waals surface area contributed by atoms with Gasteiger partial charge in [-0.25, -0.2) is 0 Å². The zero-order valence-electron chi connectivity index (χ0n) is 13.6. The minimum absolute atomic E-state index is 0.275. The standard InChI is InChI=1S/C17H24N2O4/c1-17(2)22-15-14(20)13(21-16(15)23-17)10-19-9-3-4-12(19)11-5-7-18-8-6-11/h5-8,12-16,20H,3-4,9-10H2,1-2H3/t12-,13+,14-,15+,16+/m0/s1. The molecule has 0 saturated carbocycles. The van der Waals surface area contributed by atoms with Gasteiger partial charge in [-0.1, -0.05) is 0 Å². The molecule has 0 radical (unpaired) electrons. The Balaban J connectivity index is 1.43. The zero-order valence-corrected chi connectivity index (χ0v) is 13.6. The number of hydrogen-bond donors (Lipinski definition) is 1. The third kappa shape index (κ3) is 2.90. The highest BCUT2D eigenvalue weighted by Gasteiger charge is 2.54. The van der Waals surface area contributed by atoms with Gasteiger partial charge in [0.25, 0.3) is 0 Å². The second-order valence-electron chi connectivity index (χ2n) is 7.07. The van der Waals surface area contributed by atoms with Crippen molar-refractivity contribution in [2.75, 3.05) is 13.1 Å². The molecular formula is C17H24N2O4. The highest BCUT2D eigenvalue weighted by atomic mass is 16.8. The summed E-state index contributed by atoms with van der Waals surface area (Å²) in [6.07, 6.45) is 4.16. The number of aliphatic hydroxyl groups excluding tert-OH is 1. The van der Waals surface area contributed by atoms with Crippen LogP contribution in [-0.2, 0) is 14.2 Å². The van der Waals surface area contributed by atoms with E-state index in [4.69, 9.17) is 14.2 Å². The van der Waals surface area contributed by atoms with Crippen molar-refractivity contribution in [1.29, 1.82) is 0 Å². The first kappa shape index (κ1) is 15.5. The second-order valence-corrected chi connectivity index (χ2v) is 7.07. The molecular weight excluding hydrogens is 296 g/mol. The third-order valence-electron chi connectivity index (χ3n) is 4.98. The molecule has 0 unspecified atom stereocenters. The molecule has 0 amide bonds. The Morgan fingerprint density at radius 3 is 2.83 bits per heavy atom. The molecule has 4 rings (SSSR count). The Morgan fingerprint density at radius 2 is 2.09 bits per heavy atom. The van der Waals surface area contributed by atoms with Gasteiger partial charge in [0.1, 0.15) is 18.3 Å². The van der Waals surface area contributed by atoms with Crippen LogP contribution in [0.3, 0.4) is 0 Å². The highest BCUT2D eigenvalue weighted by Crippen LogP contribution is 2.39. The molecule has 1 aromatic rings. The number of likely N-dealkylation sites (tertiary alicyclic amines) is 1. The van der Waals surface area contributed by atoms with Crippen molar-refractivity contribution in [3.8, 4) is 0 Å². The maximum absolute atomic E-state index is 10.5. The van der Waals surface area contributed by atoms with E-state index in [1.165, 1.54) is 5.56 Å². The number of hydrogen-bond acceptors (Lipinski definition) is 6. The number of rotatable bonds is 3. The first-order chi connectivity index (χ1) is 11.0. The molecule has 1 N–H and O–H groups in total. The van der Waals surface area contributed by atoms with Gasteiger partial charge in [-0.2, -0.15) is 0 Å². The van der Waals surface area contributed by atoms with Gasteiger partial charge in [-0.05, 0) is 50.9 Å². The zero-order chi connectivity index (χ0) is 16.0. The van der Waals surface area contributed by atoms with E-state index in [9.17, 15) is 5.11 Å². The molecule has 3 saturated heterocycles. The van der Waals surface area contributed by atoms with E-state index in [-0.39, 0.29) is 6.10 Å². The smallest absolute Gasteiger partial charge is 0.190 e. The van der Waals surface area contributed by atoms with Crippen molar-refractivity contribution < 1.29 is 19.3 Å². The van der Waals surface area contributed by atoms with Crippen LogP contribution in [0.1, 0.15) is 38.3 Å². The first-order valence-electron chi connectivity index (χ1n) is 8.37. The summed E-state index contributed by atoms with van der Waals surface area (Å²) < 4.78 is 17.4. The van der Waals surface area contributed by atoms with Crippen LogP contribution in [0.25, 0.3) is 0 Å². The van der Waals surface area contributed by atoms with Crippen LogP contribution in [0.4, 0.5) is 0 Å². The molecule has 6 nitrogen and oxygen atoms in total. The third-order valence-corrected chi connectivity index (χ3v) is 4.98. The van der Waals surface area contributed by atoms with E-state index in [1.54, 1.807) is 0 Å². The van der Waals surface area contributed by atoms with Gasteiger partial charge in [0, 0.05) is 25.0 Å². The molecule has 3 aliphatic heterocycles. The molecule has 23 heavy (non-hydrogen) atoms. The molecule has 1 aromatic heterocycles. The largest absolute Gasteiger partial charge is 0.387 e. The number of aromatic nitrogens is 1. The molecule has 4 heterocycles. The minimum Gasteiger partial charge on any atom is -0.387 e. The van der Waals surface area contributed by atoms with Crippen molar-refractivity contribution >= 4 is 0 Å². The van der Waals surface area contributed by atoms with Crippen molar-refractivity contribution in [2.24, 2.45) is 0 Å². The number of fused-ring (bicyclic) bond motifs is 1. The summed E-state index contributed by atoms with van der Waals surface area (Å²) in [5.41, 5.74) is 1.28. The van der Waals surface area contributed by atoms with Crippen LogP contribution in [0.2, 0.25) is 0 Å². The molecule has 0 bridgehead atoms. The Morgan fingerprint density at radius 1 is 1.30 bits per heavy atom. The van der Waals surface area contributed by atoms with E-state index < -0.39 is 24.3 Å². The van der Waals surface area contributed by atoms with E-state index in [1.807, 2.05) is 26.2 Å². The lowest BCUT2D eigenvalue weighted by atomic mass is 10.1. The summed E-state index contributed by atoms with van der Waals surface area (Å²) in [5.74, 6) is -0.686. The Labute approximate surface area is 136 Å². The monoisotopic (exact) mass is 320 g/mol. The van der Waals surface area contributed by atoms with Crippen LogP contribution in [0.5, 0.6) is 0 Å². The quantitative estimate of drug-likeness (QED) is 0.909. The lowest BCUT2D eigenvalue weighted by molar-refractivity contribution is -0.216. The SMILES string of the molecule is CC1(C)O[C@H]2O[C@H](CN3CCC[C@H]3c3ccncc3)[C@H](O)[C@H]2O1. The van der Waals surface area contributed by atoms with E-state index in [0.717, 1.165) is 19.4 Å². The molecule has 0 aliphatic carbocycles. The normalized spacial score (nSPS) is 39.7. The van der Waals surface area contributed by atoms with E-state index in [0.29, 0.717) is 12.6 Å². The summed E-state index contributed by atoms with van der Waals surface area (Å²) in [4.78, 5) is 6.48. The summed E-state index contributed by atoms with van der Waals surface area (Å²) in [6, 6.07) is 4.50. The van der Waals surface area contributed by atoms with Crippen molar-refractivity contribution in [1.82, 2.24) is 9.88 Å². The molecule has 3 fully saturated rings. The van der Waals surface area contributed by atoms with Crippen molar-refractivity contribution in [3.05, 3.63) is 30.1 Å². The topological polar surface area (TPSA) is 64.1 Å². The maximum Gasteiger partial charge on any atom is 0.190 e. The molecule has 0 aromatic carbocycles. The van der Waals surface area contributed by atoms with Gasteiger partial charge in [-0.3, -0.25) is 9.88 Å². The van der Waals surface area contributed by atoms with Gasteiger partial charge < -0.3 is 19.3 Å². The number of aliphatic hydroxyl groups is 1. The van der Waals surface area contributed by atoms with Crippen LogP contribution in [-0.4, -0.2) is 58.5 Å².